The number of aryl methyl sites for hydroxylation is 2. The molecule has 2 heterocycles. The van der Waals surface area contributed by atoms with E-state index in [9.17, 15) is 0 Å². The van der Waals surface area contributed by atoms with Crippen molar-refractivity contribution in [2.45, 2.75) is 33.2 Å². The molecule has 0 aliphatic carbocycles. The lowest BCUT2D eigenvalue weighted by Gasteiger charge is -2.34. The normalized spacial score (nSPS) is 25.9. The highest BCUT2D eigenvalue weighted by molar-refractivity contribution is 5.33. The molecule has 0 saturated carbocycles. The Hall–Kier alpha value is -1.16. The van der Waals surface area contributed by atoms with Gasteiger partial charge in [0.1, 0.15) is 0 Å². The highest BCUT2D eigenvalue weighted by atomic mass is 15.3. The van der Waals surface area contributed by atoms with Crippen molar-refractivity contribution in [1.82, 2.24) is 9.97 Å². The summed E-state index contributed by atoms with van der Waals surface area (Å²) in [7, 11) is 0. The monoisotopic (exact) mass is 220 g/mol. The highest BCUT2D eigenvalue weighted by Crippen LogP contribution is 2.19. The van der Waals surface area contributed by atoms with E-state index in [1.54, 1.807) is 0 Å². The topological polar surface area (TPSA) is 55.0 Å². The van der Waals surface area contributed by atoms with E-state index in [1.807, 2.05) is 19.9 Å². The highest BCUT2D eigenvalue weighted by Gasteiger charge is 2.23. The molecule has 0 spiro atoms. The molecule has 0 radical (unpaired) electrons. The van der Waals surface area contributed by atoms with Gasteiger partial charge in [0.25, 0.3) is 0 Å². The van der Waals surface area contributed by atoms with Gasteiger partial charge in [-0.05, 0) is 32.3 Å². The number of hydrogen-bond acceptors (Lipinski definition) is 4. The van der Waals surface area contributed by atoms with Crippen LogP contribution in [-0.2, 0) is 0 Å². The Labute approximate surface area is 96.9 Å². The van der Waals surface area contributed by atoms with E-state index >= 15 is 0 Å². The molecule has 16 heavy (non-hydrogen) atoms. The molecule has 0 aromatic carbocycles. The molecule has 1 aromatic rings. The first-order valence-electron chi connectivity index (χ1n) is 5.87. The van der Waals surface area contributed by atoms with Crippen LogP contribution in [0.1, 0.15) is 24.7 Å². The molecule has 1 saturated heterocycles. The number of nitrogens with zero attached hydrogens (tertiary/aromatic N) is 3. The fraction of sp³-hybridized carbons (Fsp3) is 0.667. The average Bonchev–Trinajstić information content (AvgIpc) is 2.14. The summed E-state index contributed by atoms with van der Waals surface area (Å²) in [6.07, 6.45) is 1.10. The first-order chi connectivity index (χ1) is 7.54. The fourth-order valence-corrected chi connectivity index (χ4v) is 2.41. The van der Waals surface area contributed by atoms with E-state index in [1.165, 1.54) is 0 Å². The number of hydrogen-bond donors (Lipinski definition) is 1. The molecule has 0 amide bonds. The molecule has 4 heteroatoms. The summed E-state index contributed by atoms with van der Waals surface area (Å²) in [5, 5.41) is 0. The SMILES string of the molecule is Cc1cc(C)nc(N2CC(C)CC(N)C2)n1. The van der Waals surface area contributed by atoms with E-state index in [0.717, 1.165) is 36.8 Å². The fourth-order valence-electron chi connectivity index (χ4n) is 2.41. The van der Waals surface area contributed by atoms with E-state index < -0.39 is 0 Å². The van der Waals surface area contributed by atoms with E-state index in [2.05, 4.69) is 21.8 Å². The van der Waals surface area contributed by atoms with Gasteiger partial charge >= 0.3 is 0 Å². The molecule has 2 N–H and O–H groups in total. The molecule has 2 rings (SSSR count). The van der Waals surface area contributed by atoms with Gasteiger partial charge in [-0.15, -0.1) is 0 Å². The molecule has 2 unspecified atom stereocenters. The second-order valence-electron chi connectivity index (χ2n) is 4.96. The van der Waals surface area contributed by atoms with Gasteiger partial charge in [0.2, 0.25) is 5.95 Å². The molecule has 88 valence electrons. The Morgan fingerprint density at radius 2 is 1.88 bits per heavy atom. The number of anilines is 1. The smallest absolute Gasteiger partial charge is 0.225 e. The van der Waals surface area contributed by atoms with Gasteiger partial charge < -0.3 is 10.6 Å². The van der Waals surface area contributed by atoms with E-state index in [4.69, 9.17) is 5.73 Å². The lowest BCUT2D eigenvalue weighted by Crippen LogP contribution is -2.47. The molecule has 0 bridgehead atoms. The summed E-state index contributed by atoms with van der Waals surface area (Å²) < 4.78 is 0. The summed E-state index contributed by atoms with van der Waals surface area (Å²) in [6, 6.07) is 2.24. The van der Waals surface area contributed by atoms with Gasteiger partial charge in [0, 0.05) is 30.5 Å². The van der Waals surface area contributed by atoms with Crippen molar-refractivity contribution in [3.8, 4) is 0 Å². The minimum absolute atomic E-state index is 0.244. The van der Waals surface area contributed by atoms with Crippen LogP contribution < -0.4 is 10.6 Å². The molecule has 2 atom stereocenters. The Bertz CT molecular complexity index is 347. The molecular weight excluding hydrogens is 200 g/mol. The summed E-state index contributed by atoms with van der Waals surface area (Å²) in [6.45, 7) is 8.12. The minimum atomic E-state index is 0.244. The maximum absolute atomic E-state index is 6.03. The Morgan fingerprint density at radius 1 is 1.25 bits per heavy atom. The third-order valence-electron chi connectivity index (χ3n) is 2.95. The Kier molecular flexibility index (Phi) is 3.10. The Balaban J connectivity index is 2.22. The third kappa shape index (κ3) is 2.50. The van der Waals surface area contributed by atoms with Crippen LogP contribution >= 0.6 is 0 Å². The van der Waals surface area contributed by atoms with Crippen LogP contribution in [0.4, 0.5) is 5.95 Å². The molecule has 1 aromatic heterocycles. The van der Waals surface area contributed by atoms with Crippen LogP contribution in [0, 0.1) is 19.8 Å². The van der Waals surface area contributed by atoms with Crippen molar-refractivity contribution >= 4 is 5.95 Å². The standard InChI is InChI=1S/C12H20N4/c1-8-4-11(13)7-16(6-8)12-14-9(2)5-10(3)15-12/h5,8,11H,4,6-7,13H2,1-3H3. The van der Waals surface area contributed by atoms with Gasteiger partial charge in [-0.3, -0.25) is 0 Å². The van der Waals surface area contributed by atoms with Gasteiger partial charge in [0.05, 0.1) is 0 Å². The summed E-state index contributed by atoms with van der Waals surface area (Å²) in [5.41, 5.74) is 8.08. The van der Waals surface area contributed by atoms with Gasteiger partial charge in [-0.25, -0.2) is 9.97 Å². The third-order valence-corrected chi connectivity index (χ3v) is 2.95. The van der Waals surface area contributed by atoms with Crippen LogP contribution in [0.25, 0.3) is 0 Å². The lowest BCUT2D eigenvalue weighted by molar-refractivity contribution is 0.397. The predicted molar refractivity (Wildman–Crippen MR) is 65.5 cm³/mol. The zero-order valence-corrected chi connectivity index (χ0v) is 10.3. The van der Waals surface area contributed by atoms with Crippen molar-refractivity contribution in [2.24, 2.45) is 11.7 Å². The summed E-state index contributed by atoms with van der Waals surface area (Å²) in [5.74, 6) is 1.45. The first kappa shape index (κ1) is 11.3. The van der Waals surface area contributed by atoms with Crippen LogP contribution in [0.5, 0.6) is 0 Å². The number of rotatable bonds is 1. The van der Waals surface area contributed by atoms with Crippen LogP contribution in [0.2, 0.25) is 0 Å². The second-order valence-corrected chi connectivity index (χ2v) is 4.96. The van der Waals surface area contributed by atoms with E-state index in [0.29, 0.717) is 5.92 Å². The van der Waals surface area contributed by atoms with Crippen molar-refractivity contribution in [1.29, 1.82) is 0 Å². The Morgan fingerprint density at radius 3 is 2.44 bits per heavy atom. The molecule has 1 fully saturated rings. The van der Waals surface area contributed by atoms with Crippen molar-refractivity contribution in [3.05, 3.63) is 17.5 Å². The average molecular weight is 220 g/mol. The zero-order chi connectivity index (χ0) is 11.7. The first-order valence-corrected chi connectivity index (χ1v) is 5.87. The second kappa shape index (κ2) is 4.37. The summed E-state index contributed by atoms with van der Waals surface area (Å²) in [4.78, 5) is 11.2. The largest absolute Gasteiger partial charge is 0.339 e. The maximum atomic E-state index is 6.03. The number of nitrogens with two attached hydrogens (primary N) is 1. The van der Waals surface area contributed by atoms with Gasteiger partial charge in [-0.2, -0.15) is 0 Å². The quantitative estimate of drug-likeness (QED) is 0.774. The molecule has 4 nitrogen and oxygen atoms in total. The zero-order valence-electron chi connectivity index (χ0n) is 10.3. The summed E-state index contributed by atoms with van der Waals surface area (Å²) >= 11 is 0. The van der Waals surface area contributed by atoms with Crippen LogP contribution in [0.3, 0.4) is 0 Å². The van der Waals surface area contributed by atoms with Crippen LogP contribution in [0.15, 0.2) is 6.07 Å². The lowest BCUT2D eigenvalue weighted by atomic mass is 9.97. The molecule has 1 aliphatic heterocycles. The van der Waals surface area contributed by atoms with E-state index in [-0.39, 0.29) is 6.04 Å². The number of piperidine rings is 1. The minimum Gasteiger partial charge on any atom is -0.339 e. The predicted octanol–water partition coefficient (Wildman–Crippen LogP) is 1.27. The van der Waals surface area contributed by atoms with Gasteiger partial charge in [-0.1, -0.05) is 6.92 Å². The molecular formula is C12H20N4. The van der Waals surface area contributed by atoms with Crippen molar-refractivity contribution < 1.29 is 0 Å². The maximum Gasteiger partial charge on any atom is 0.225 e. The van der Waals surface area contributed by atoms with Gasteiger partial charge in [0.15, 0.2) is 0 Å². The molecule has 1 aliphatic rings. The van der Waals surface area contributed by atoms with Crippen molar-refractivity contribution in [2.75, 3.05) is 18.0 Å². The van der Waals surface area contributed by atoms with Crippen molar-refractivity contribution in [3.63, 3.8) is 0 Å². The number of aromatic nitrogens is 2. The van der Waals surface area contributed by atoms with Crippen LogP contribution in [-0.4, -0.2) is 29.1 Å².